The third-order valence-corrected chi connectivity index (χ3v) is 5.76. The van der Waals surface area contributed by atoms with Gasteiger partial charge < -0.3 is 15.2 Å². The van der Waals surface area contributed by atoms with Crippen LogP contribution in [0.3, 0.4) is 0 Å². The van der Waals surface area contributed by atoms with Crippen LogP contribution in [0.2, 0.25) is 0 Å². The molecule has 27 heavy (non-hydrogen) atoms. The van der Waals surface area contributed by atoms with E-state index in [-0.39, 0.29) is 5.91 Å². The maximum atomic E-state index is 12.5. The number of carbonyl (C=O) groups is 1. The SMILES string of the molecule is O=C(Cn1c2ccccc2c2ccccc21)NCCNCC1CCCCC1. The van der Waals surface area contributed by atoms with Gasteiger partial charge in [-0.2, -0.15) is 0 Å². The lowest BCUT2D eigenvalue weighted by Gasteiger charge is -2.21. The van der Waals surface area contributed by atoms with Crippen LogP contribution in [0.25, 0.3) is 21.8 Å². The molecule has 1 amide bonds. The topological polar surface area (TPSA) is 46.1 Å². The fourth-order valence-electron chi connectivity index (χ4n) is 4.36. The van der Waals surface area contributed by atoms with Crippen LogP contribution in [0, 0.1) is 5.92 Å². The molecule has 2 N–H and O–H groups in total. The molecule has 2 aromatic carbocycles. The first kappa shape index (κ1) is 18.1. The molecule has 0 bridgehead atoms. The van der Waals surface area contributed by atoms with Crippen molar-refractivity contribution in [3.8, 4) is 0 Å². The lowest BCUT2D eigenvalue weighted by molar-refractivity contribution is -0.121. The number of para-hydroxylation sites is 2. The van der Waals surface area contributed by atoms with Gasteiger partial charge in [-0.25, -0.2) is 0 Å². The van der Waals surface area contributed by atoms with Gasteiger partial charge in [-0.05, 0) is 37.4 Å². The molecular formula is C23H29N3O. The second-order valence-corrected chi connectivity index (χ2v) is 7.68. The molecule has 4 nitrogen and oxygen atoms in total. The van der Waals surface area contributed by atoms with Gasteiger partial charge in [-0.1, -0.05) is 55.7 Å². The Labute approximate surface area is 160 Å². The predicted molar refractivity (Wildman–Crippen MR) is 112 cm³/mol. The zero-order chi connectivity index (χ0) is 18.5. The Morgan fingerprint density at radius 1 is 0.889 bits per heavy atom. The molecule has 0 aliphatic heterocycles. The summed E-state index contributed by atoms with van der Waals surface area (Å²) < 4.78 is 2.12. The third-order valence-electron chi connectivity index (χ3n) is 5.76. The number of fused-ring (bicyclic) bond motifs is 3. The van der Waals surface area contributed by atoms with Crippen LogP contribution < -0.4 is 10.6 Å². The summed E-state index contributed by atoms with van der Waals surface area (Å²) in [5, 5.41) is 8.98. The molecule has 0 radical (unpaired) electrons. The summed E-state index contributed by atoms with van der Waals surface area (Å²) in [5.41, 5.74) is 2.23. The van der Waals surface area contributed by atoms with E-state index in [9.17, 15) is 4.79 Å². The highest BCUT2D eigenvalue weighted by atomic mass is 16.1. The minimum atomic E-state index is 0.0703. The molecule has 1 aromatic heterocycles. The number of aromatic nitrogens is 1. The zero-order valence-corrected chi connectivity index (χ0v) is 15.9. The van der Waals surface area contributed by atoms with E-state index >= 15 is 0 Å². The minimum absolute atomic E-state index is 0.0703. The lowest BCUT2D eigenvalue weighted by atomic mass is 9.89. The maximum Gasteiger partial charge on any atom is 0.240 e. The lowest BCUT2D eigenvalue weighted by Crippen LogP contribution is -2.35. The molecule has 1 fully saturated rings. The molecule has 0 unspecified atom stereocenters. The van der Waals surface area contributed by atoms with Gasteiger partial charge in [0, 0.05) is 34.9 Å². The van der Waals surface area contributed by atoms with Crippen molar-refractivity contribution in [3.63, 3.8) is 0 Å². The van der Waals surface area contributed by atoms with E-state index in [1.807, 2.05) is 12.1 Å². The van der Waals surface area contributed by atoms with Crippen LogP contribution in [0.15, 0.2) is 48.5 Å². The number of hydrogen-bond donors (Lipinski definition) is 2. The van der Waals surface area contributed by atoms with Crippen molar-refractivity contribution in [2.75, 3.05) is 19.6 Å². The summed E-state index contributed by atoms with van der Waals surface area (Å²) in [6, 6.07) is 16.6. The Bertz CT molecular complexity index is 855. The van der Waals surface area contributed by atoms with Crippen molar-refractivity contribution >= 4 is 27.7 Å². The second-order valence-electron chi connectivity index (χ2n) is 7.68. The van der Waals surface area contributed by atoms with E-state index in [2.05, 4.69) is 51.6 Å². The Balaban J connectivity index is 1.33. The molecule has 1 aliphatic carbocycles. The normalized spacial score (nSPS) is 15.4. The molecule has 4 rings (SSSR count). The summed E-state index contributed by atoms with van der Waals surface area (Å²) in [6.07, 6.45) is 6.86. The van der Waals surface area contributed by atoms with Gasteiger partial charge in [0.2, 0.25) is 5.91 Å². The minimum Gasteiger partial charge on any atom is -0.353 e. The van der Waals surface area contributed by atoms with Crippen molar-refractivity contribution in [3.05, 3.63) is 48.5 Å². The Hall–Kier alpha value is -2.33. The number of benzene rings is 2. The monoisotopic (exact) mass is 363 g/mol. The highest BCUT2D eigenvalue weighted by molar-refractivity contribution is 6.08. The van der Waals surface area contributed by atoms with Crippen molar-refractivity contribution < 1.29 is 4.79 Å². The van der Waals surface area contributed by atoms with E-state index in [1.165, 1.54) is 42.9 Å². The first-order chi connectivity index (χ1) is 13.3. The summed E-state index contributed by atoms with van der Waals surface area (Å²) in [4.78, 5) is 12.5. The fraction of sp³-hybridized carbons (Fsp3) is 0.435. The summed E-state index contributed by atoms with van der Waals surface area (Å²) in [5.74, 6) is 0.896. The molecule has 1 saturated carbocycles. The molecule has 0 spiro atoms. The van der Waals surface area contributed by atoms with E-state index in [0.717, 1.165) is 30.0 Å². The largest absolute Gasteiger partial charge is 0.353 e. The van der Waals surface area contributed by atoms with Crippen molar-refractivity contribution in [1.29, 1.82) is 0 Å². The van der Waals surface area contributed by atoms with Gasteiger partial charge in [0.25, 0.3) is 0 Å². The Morgan fingerprint density at radius 3 is 2.19 bits per heavy atom. The Kier molecular flexibility index (Phi) is 5.73. The van der Waals surface area contributed by atoms with Gasteiger partial charge in [0.05, 0.1) is 0 Å². The standard InChI is InChI=1S/C23H29N3O/c27-23(25-15-14-24-16-18-8-2-1-3-9-18)17-26-21-12-6-4-10-19(21)20-11-5-7-13-22(20)26/h4-7,10-13,18,24H,1-3,8-9,14-17H2,(H,25,27). The summed E-state index contributed by atoms with van der Waals surface area (Å²) in [7, 11) is 0. The number of carbonyl (C=O) groups excluding carboxylic acids is 1. The van der Waals surface area contributed by atoms with Crippen LogP contribution in [0.5, 0.6) is 0 Å². The smallest absolute Gasteiger partial charge is 0.240 e. The number of rotatable bonds is 7. The van der Waals surface area contributed by atoms with E-state index in [4.69, 9.17) is 0 Å². The molecule has 0 saturated heterocycles. The quantitative estimate of drug-likeness (QED) is 0.621. The van der Waals surface area contributed by atoms with Crippen LogP contribution >= 0.6 is 0 Å². The Morgan fingerprint density at radius 2 is 1.52 bits per heavy atom. The van der Waals surface area contributed by atoms with Crippen LogP contribution in [0.1, 0.15) is 32.1 Å². The van der Waals surface area contributed by atoms with Crippen molar-refractivity contribution in [2.45, 2.75) is 38.6 Å². The first-order valence-electron chi connectivity index (χ1n) is 10.3. The van der Waals surface area contributed by atoms with Gasteiger partial charge >= 0.3 is 0 Å². The van der Waals surface area contributed by atoms with Gasteiger partial charge in [0.15, 0.2) is 0 Å². The molecule has 1 heterocycles. The number of nitrogens with zero attached hydrogens (tertiary/aromatic N) is 1. The van der Waals surface area contributed by atoms with Gasteiger partial charge in [-0.15, -0.1) is 0 Å². The first-order valence-corrected chi connectivity index (χ1v) is 10.3. The van der Waals surface area contributed by atoms with Gasteiger partial charge in [0.1, 0.15) is 6.54 Å². The summed E-state index contributed by atoms with van der Waals surface area (Å²) >= 11 is 0. The summed E-state index contributed by atoms with van der Waals surface area (Å²) in [6.45, 7) is 2.97. The highest BCUT2D eigenvalue weighted by Crippen LogP contribution is 2.28. The zero-order valence-electron chi connectivity index (χ0n) is 15.9. The average molecular weight is 364 g/mol. The molecule has 142 valence electrons. The molecular weight excluding hydrogens is 334 g/mol. The number of hydrogen-bond acceptors (Lipinski definition) is 2. The van der Waals surface area contributed by atoms with Crippen LogP contribution in [-0.2, 0) is 11.3 Å². The van der Waals surface area contributed by atoms with E-state index < -0.39 is 0 Å². The molecule has 4 heteroatoms. The van der Waals surface area contributed by atoms with E-state index in [1.54, 1.807) is 0 Å². The van der Waals surface area contributed by atoms with Crippen molar-refractivity contribution in [2.24, 2.45) is 5.92 Å². The van der Waals surface area contributed by atoms with Crippen molar-refractivity contribution in [1.82, 2.24) is 15.2 Å². The average Bonchev–Trinajstić information content (AvgIpc) is 3.03. The van der Waals surface area contributed by atoms with Crippen LogP contribution in [-0.4, -0.2) is 30.1 Å². The predicted octanol–water partition coefficient (Wildman–Crippen LogP) is 4.08. The molecule has 0 atom stereocenters. The van der Waals surface area contributed by atoms with Gasteiger partial charge in [-0.3, -0.25) is 4.79 Å². The number of nitrogens with one attached hydrogen (secondary N) is 2. The van der Waals surface area contributed by atoms with Crippen LogP contribution in [0.4, 0.5) is 0 Å². The highest BCUT2D eigenvalue weighted by Gasteiger charge is 2.13. The molecule has 1 aliphatic rings. The second kappa shape index (κ2) is 8.57. The number of amides is 1. The molecule has 3 aromatic rings. The fourth-order valence-corrected chi connectivity index (χ4v) is 4.36. The third kappa shape index (κ3) is 4.16. The van der Waals surface area contributed by atoms with E-state index in [0.29, 0.717) is 13.1 Å². The maximum absolute atomic E-state index is 12.5.